The van der Waals surface area contributed by atoms with Crippen molar-refractivity contribution in [3.63, 3.8) is 0 Å². The molecule has 1 saturated heterocycles. The van der Waals surface area contributed by atoms with Gasteiger partial charge in [-0.2, -0.15) is 0 Å². The Morgan fingerprint density at radius 3 is 3.07 bits per heavy atom. The van der Waals surface area contributed by atoms with Gasteiger partial charge >= 0.3 is 0 Å². The molecule has 0 spiro atoms. The van der Waals surface area contributed by atoms with Crippen LogP contribution in [0, 0.1) is 0 Å². The monoisotopic (exact) mass is 191 g/mol. The summed E-state index contributed by atoms with van der Waals surface area (Å²) in [7, 11) is 4.12. The number of aromatic nitrogens is 1. The average Bonchev–Trinajstić information content (AvgIpc) is 2.64. The second-order valence-corrected chi connectivity index (χ2v) is 3.83. The number of anilines is 1. The van der Waals surface area contributed by atoms with Crippen LogP contribution in [0.2, 0.25) is 0 Å². The lowest BCUT2D eigenvalue weighted by molar-refractivity contribution is 0.317. The van der Waals surface area contributed by atoms with E-state index < -0.39 is 0 Å². The average molecular weight is 191 g/mol. The number of rotatable bonds is 2. The van der Waals surface area contributed by atoms with Gasteiger partial charge in [0, 0.05) is 24.8 Å². The number of likely N-dealkylation sites (tertiary alicyclic amines) is 1. The summed E-state index contributed by atoms with van der Waals surface area (Å²) in [5, 5.41) is 3.16. The Hall–Kier alpha value is -1.09. The van der Waals surface area contributed by atoms with E-state index >= 15 is 0 Å². The van der Waals surface area contributed by atoms with Gasteiger partial charge in [-0.1, -0.05) is 6.07 Å². The van der Waals surface area contributed by atoms with Gasteiger partial charge in [0.05, 0.1) is 0 Å². The Kier molecular flexibility index (Phi) is 2.68. The lowest BCUT2D eigenvalue weighted by Gasteiger charge is -2.21. The third kappa shape index (κ3) is 1.60. The molecule has 1 aromatic heterocycles. The highest BCUT2D eigenvalue weighted by molar-refractivity contribution is 5.45. The maximum Gasteiger partial charge on any atom is 0.130 e. The van der Waals surface area contributed by atoms with Crippen molar-refractivity contribution >= 4 is 5.82 Å². The third-order valence-electron chi connectivity index (χ3n) is 2.96. The number of pyridine rings is 1. The van der Waals surface area contributed by atoms with E-state index in [0.717, 1.165) is 5.82 Å². The van der Waals surface area contributed by atoms with Gasteiger partial charge in [0.1, 0.15) is 5.82 Å². The van der Waals surface area contributed by atoms with Crippen LogP contribution in [0.15, 0.2) is 18.3 Å². The summed E-state index contributed by atoms with van der Waals surface area (Å²) in [4.78, 5) is 6.74. The largest absolute Gasteiger partial charge is 0.373 e. The quantitative estimate of drug-likeness (QED) is 0.773. The summed E-state index contributed by atoms with van der Waals surface area (Å²) < 4.78 is 0. The molecule has 2 heterocycles. The Balaban J connectivity index is 2.30. The smallest absolute Gasteiger partial charge is 0.130 e. The molecule has 1 aliphatic heterocycles. The van der Waals surface area contributed by atoms with Gasteiger partial charge < -0.3 is 5.32 Å². The van der Waals surface area contributed by atoms with Gasteiger partial charge in [-0.25, -0.2) is 4.98 Å². The number of hydrogen-bond acceptors (Lipinski definition) is 3. The van der Waals surface area contributed by atoms with Gasteiger partial charge in [0.15, 0.2) is 0 Å². The Morgan fingerprint density at radius 1 is 1.57 bits per heavy atom. The molecule has 0 bridgehead atoms. The zero-order chi connectivity index (χ0) is 9.97. The Bertz CT molecular complexity index is 311. The molecule has 3 nitrogen and oxygen atoms in total. The standard InChI is InChI=1S/C11H17N3/c1-12-11-9(5-3-7-13-11)10-6-4-8-14(10)2/h3,5,7,10H,4,6,8H2,1-2H3,(H,12,13)/t10-/m1/s1. The molecular formula is C11H17N3. The minimum absolute atomic E-state index is 0.547. The molecule has 1 N–H and O–H groups in total. The minimum Gasteiger partial charge on any atom is -0.373 e. The summed E-state index contributed by atoms with van der Waals surface area (Å²) in [6, 6.07) is 4.74. The van der Waals surface area contributed by atoms with Crippen LogP contribution in [0.3, 0.4) is 0 Å². The predicted molar refractivity (Wildman–Crippen MR) is 58.4 cm³/mol. The van der Waals surface area contributed by atoms with Crippen LogP contribution in [0.1, 0.15) is 24.4 Å². The molecule has 3 heteroatoms. The number of hydrogen-bond donors (Lipinski definition) is 1. The van der Waals surface area contributed by atoms with Crippen molar-refractivity contribution in [2.24, 2.45) is 0 Å². The Labute approximate surface area is 85.1 Å². The summed E-state index contributed by atoms with van der Waals surface area (Å²) in [6.45, 7) is 1.20. The van der Waals surface area contributed by atoms with E-state index in [1.807, 2.05) is 19.3 Å². The SMILES string of the molecule is CNc1ncccc1[C@H]1CCCN1C. The highest BCUT2D eigenvalue weighted by Crippen LogP contribution is 2.33. The fourth-order valence-electron chi connectivity index (χ4n) is 2.20. The molecule has 0 unspecified atom stereocenters. The van der Waals surface area contributed by atoms with Gasteiger partial charge in [-0.15, -0.1) is 0 Å². The lowest BCUT2D eigenvalue weighted by Crippen LogP contribution is -2.18. The van der Waals surface area contributed by atoms with E-state index in [2.05, 4.69) is 28.3 Å². The van der Waals surface area contributed by atoms with E-state index in [1.54, 1.807) is 0 Å². The van der Waals surface area contributed by atoms with Crippen LogP contribution in [-0.2, 0) is 0 Å². The summed E-state index contributed by atoms with van der Waals surface area (Å²) in [6.07, 6.45) is 4.38. The van der Waals surface area contributed by atoms with E-state index in [9.17, 15) is 0 Å². The van der Waals surface area contributed by atoms with Gasteiger partial charge in [0.25, 0.3) is 0 Å². The molecule has 0 radical (unpaired) electrons. The first kappa shape index (κ1) is 9.46. The molecule has 0 saturated carbocycles. The maximum atomic E-state index is 4.34. The molecule has 0 aliphatic carbocycles. The summed E-state index contributed by atoms with van der Waals surface area (Å²) in [5.41, 5.74) is 1.33. The molecule has 76 valence electrons. The molecular weight excluding hydrogens is 174 g/mol. The molecule has 1 atom stereocenters. The van der Waals surface area contributed by atoms with E-state index in [0.29, 0.717) is 6.04 Å². The van der Waals surface area contributed by atoms with Crippen LogP contribution in [0.5, 0.6) is 0 Å². The van der Waals surface area contributed by atoms with Crippen molar-refractivity contribution in [3.05, 3.63) is 23.9 Å². The van der Waals surface area contributed by atoms with Crippen LogP contribution in [-0.4, -0.2) is 30.5 Å². The van der Waals surface area contributed by atoms with E-state index in [1.165, 1.54) is 24.9 Å². The van der Waals surface area contributed by atoms with Gasteiger partial charge in [0.2, 0.25) is 0 Å². The van der Waals surface area contributed by atoms with E-state index in [4.69, 9.17) is 0 Å². The van der Waals surface area contributed by atoms with Crippen LogP contribution < -0.4 is 5.32 Å². The number of nitrogens with zero attached hydrogens (tertiary/aromatic N) is 2. The first-order valence-electron chi connectivity index (χ1n) is 5.16. The lowest BCUT2D eigenvalue weighted by atomic mass is 10.1. The topological polar surface area (TPSA) is 28.2 Å². The van der Waals surface area contributed by atoms with Gasteiger partial charge in [-0.3, -0.25) is 4.90 Å². The highest BCUT2D eigenvalue weighted by Gasteiger charge is 2.24. The maximum absolute atomic E-state index is 4.34. The van der Waals surface area contributed by atoms with Crippen molar-refractivity contribution in [2.75, 3.05) is 26.0 Å². The first-order valence-corrected chi connectivity index (χ1v) is 5.16. The minimum atomic E-state index is 0.547. The normalized spacial score (nSPS) is 22.6. The molecule has 2 rings (SSSR count). The molecule has 0 aromatic carbocycles. The molecule has 1 aliphatic rings. The third-order valence-corrected chi connectivity index (χ3v) is 2.96. The first-order chi connectivity index (χ1) is 6.83. The van der Waals surface area contributed by atoms with Gasteiger partial charge in [-0.05, 0) is 32.5 Å². The second kappa shape index (κ2) is 3.96. The fourth-order valence-corrected chi connectivity index (χ4v) is 2.20. The van der Waals surface area contributed by atoms with E-state index in [-0.39, 0.29) is 0 Å². The zero-order valence-corrected chi connectivity index (χ0v) is 8.83. The highest BCUT2D eigenvalue weighted by atomic mass is 15.2. The molecule has 14 heavy (non-hydrogen) atoms. The fraction of sp³-hybridized carbons (Fsp3) is 0.545. The summed E-state index contributed by atoms with van der Waals surface area (Å²) in [5.74, 6) is 1.02. The molecule has 1 aromatic rings. The Morgan fingerprint density at radius 2 is 2.43 bits per heavy atom. The van der Waals surface area contributed by atoms with Crippen molar-refractivity contribution in [3.8, 4) is 0 Å². The van der Waals surface area contributed by atoms with Crippen LogP contribution in [0.4, 0.5) is 5.82 Å². The number of nitrogens with one attached hydrogen (secondary N) is 1. The van der Waals surface area contributed by atoms with Crippen molar-refractivity contribution in [2.45, 2.75) is 18.9 Å². The van der Waals surface area contributed by atoms with Crippen LogP contribution in [0.25, 0.3) is 0 Å². The van der Waals surface area contributed by atoms with Crippen molar-refractivity contribution < 1.29 is 0 Å². The molecule has 0 amide bonds. The van der Waals surface area contributed by atoms with Crippen molar-refractivity contribution in [1.29, 1.82) is 0 Å². The van der Waals surface area contributed by atoms with Crippen LogP contribution >= 0.6 is 0 Å². The van der Waals surface area contributed by atoms with Crippen molar-refractivity contribution in [1.82, 2.24) is 9.88 Å². The molecule has 1 fully saturated rings. The zero-order valence-electron chi connectivity index (χ0n) is 8.83. The summed E-state index contributed by atoms with van der Waals surface area (Å²) >= 11 is 0. The second-order valence-electron chi connectivity index (χ2n) is 3.83. The predicted octanol–water partition coefficient (Wildman–Crippen LogP) is 1.89.